The summed E-state index contributed by atoms with van der Waals surface area (Å²) in [5.74, 6) is -0.215. The maximum Gasteiger partial charge on any atom is 0.255 e. The van der Waals surface area contributed by atoms with Gasteiger partial charge in [-0.2, -0.15) is 0 Å². The molecule has 2 N–H and O–H groups in total. The van der Waals surface area contributed by atoms with Crippen molar-refractivity contribution in [2.45, 2.75) is 12.3 Å². The summed E-state index contributed by atoms with van der Waals surface area (Å²) >= 11 is 6.07. The molecule has 2 aromatic rings. The van der Waals surface area contributed by atoms with E-state index in [-0.39, 0.29) is 17.0 Å². The first-order valence-corrected chi connectivity index (χ1v) is 6.35. The molecule has 1 unspecified atom stereocenters. The van der Waals surface area contributed by atoms with Gasteiger partial charge in [-0.15, -0.1) is 11.6 Å². The van der Waals surface area contributed by atoms with Gasteiger partial charge in [-0.3, -0.25) is 4.79 Å². The predicted octanol–water partition coefficient (Wildman–Crippen LogP) is 3.94. The number of halogens is 1. The Balaban J connectivity index is 2.24. The third kappa shape index (κ3) is 3.26. The van der Waals surface area contributed by atoms with Crippen LogP contribution in [0.2, 0.25) is 0 Å². The Kier molecular flexibility index (Phi) is 4.07. The van der Waals surface area contributed by atoms with Crippen molar-refractivity contribution in [3.8, 4) is 5.75 Å². The van der Waals surface area contributed by atoms with E-state index in [1.165, 1.54) is 12.1 Å². The van der Waals surface area contributed by atoms with E-state index in [0.717, 1.165) is 5.56 Å². The summed E-state index contributed by atoms with van der Waals surface area (Å²) in [4.78, 5) is 12.1. The second-order valence-corrected chi connectivity index (χ2v) is 4.86. The van der Waals surface area contributed by atoms with Crippen molar-refractivity contribution >= 4 is 23.2 Å². The monoisotopic (exact) mass is 275 g/mol. The zero-order valence-electron chi connectivity index (χ0n) is 10.4. The van der Waals surface area contributed by atoms with Crippen LogP contribution >= 0.6 is 11.6 Å². The summed E-state index contributed by atoms with van der Waals surface area (Å²) in [7, 11) is 0. The number of hydrogen-bond donors (Lipinski definition) is 2. The Bertz CT molecular complexity index is 596. The van der Waals surface area contributed by atoms with E-state index in [4.69, 9.17) is 11.6 Å². The number of rotatable bonds is 3. The van der Waals surface area contributed by atoms with Crippen molar-refractivity contribution < 1.29 is 9.90 Å². The van der Waals surface area contributed by atoms with Gasteiger partial charge < -0.3 is 10.4 Å². The van der Waals surface area contributed by atoms with Gasteiger partial charge in [-0.25, -0.2) is 0 Å². The Morgan fingerprint density at radius 3 is 2.63 bits per heavy atom. The van der Waals surface area contributed by atoms with Gasteiger partial charge in [0.1, 0.15) is 5.75 Å². The highest BCUT2D eigenvalue weighted by Crippen LogP contribution is 2.27. The number of carbonyl (C=O) groups excluding carboxylic acids is 1. The van der Waals surface area contributed by atoms with Crippen LogP contribution in [0.25, 0.3) is 0 Å². The van der Waals surface area contributed by atoms with Crippen molar-refractivity contribution in [1.82, 2.24) is 0 Å². The molecule has 0 aliphatic rings. The first kappa shape index (κ1) is 13.4. The van der Waals surface area contributed by atoms with Crippen LogP contribution in [0.1, 0.15) is 28.2 Å². The molecule has 0 aliphatic carbocycles. The predicted molar refractivity (Wildman–Crippen MR) is 76.8 cm³/mol. The van der Waals surface area contributed by atoms with Crippen molar-refractivity contribution in [3.63, 3.8) is 0 Å². The van der Waals surface area contributed by atoms with E-state index in [2.05, 4.69) is 5.32 Å². The lowest BCUT2D eigenvalue weighted by molar-refractivity contribution is 0.102. The summed E-state index contributed by atoms with van der Waals surface area (Å²) in [6.07, 6.45) is 0. The lowest BCUT2D eigenvalue weighted by Crippen LogP contribution is -2.13. The van der Waals surface area contributed by atoms with E-state index in [1.807, 2.05) is 25.1 Å². The number of aromatic hydroxyl groups is 1. The second kappa shape index (κ2) is 5.76. The quantitative estimate of drug-likeness (QED) is 0.834. The Hall–Kier alpha value is -2.00. The fraction of sp³-hybridized carbons (Fsp3) is 0.133. The van der Waals surface area contributed by atoms with Crippen LogP contribution in [0, 0.1) is 0 Å². The molecule has 0 saturated carbocycles. The lowest BCUT2D eigenvalue weighted by atomic mass is 10.1. The number of hydrogen-bond acceptors (Lipinski definition) is 2. The summed E-state index contributed by atoms with van der Waals surface area (Å²) in [6, 6.07) is 13.6. The van der Waals surface area contributed by atoms with Crippen LogP contribution in [-0.2, 0) is 0 Å². The van der Waals surface area contributed by atoms with Crippen molar-refractivity contribution in [1.29, 1.82) is 0 Å². The number of para-hydroxylation sites is 1. The van der Waals surface area contributed by atoms with E-state index in [9.17, 15) is 9.90 Å². The molecule has 0 heterocycles. The number of benzene rings is 2. The summed E-state index contributed by atoms with van der Waals surface area (Å²) in [5, 5.41) is 12.0. The SMILES string of the molecule is CC(Cl)c1ccccc1NC(=O)c1cccc(O)c1. The molecule has 0 saturated heterocycles. The number of carbonyl (C=O) groups is 1. The fourth-order valence-corrected chi connectivity index (χ4v) is 1.99. The molecule has 0 spiro atoms. The van der Waals surface area contributed by atoms with Gasteiger partial charge in [-0.05, 0) is 36.8 Å². The molecule has 0 radical (unpaired) electrons. The molecule has 0 aliphatic heterocycles. The fourth-order valence-electron chi connectivity index (χ4n) is 1.80. The zero-order chi connectivity index (χ0) is 13.8. The van der Waals surface area contributed by atoms with E-state index in [0.29, 0.717) is 11.3 Å². The Morgan fingerprint density at radius 1 is 1.21 bits per heavy atom. The topological polar surface area (TPSA) is 49.3 Å². The number of amides is 1. The van der Waals surface area contributed by atoms with Crippen molar-refractivity contribution in [3.05, 3.63) is 59.7 Å². The van der Waals surface area contributed by atoms with Gasteiger partial charge in [0.2, 0.25) is 0 Å². The summed E-state index contributed by atoms with van der Waals surface area (Å²) in [5.41, 5.74) is 1.94. The summed E-state index contributed by atoms with van der Waals surface area (Å²) < 4.78 is 0. The normalized spacial score (nSPS) is 11.9. The number of anilines is 1. The first-order valence-electron chi connectivity index (χ1n) is 5.91. The van der Waals surface area contributed by atoms with Crippen LogP contribution < -0.4 is 5.32 Å². The molecule has 0 aromatic heterocycles. The molecule has 0 bridgehead atoms. The van der Waals surface area contributed by atoms with Crippen molar-refractivity contribution in [2.75, 3.05) is 5.32 Å². The highest BCUT2D eigenvalue weighted by molar-refractivity contribution is 6.21. The van der Waals surface area contributed by atoms with Gasteiger partial charge in [0, 0.05) is 11.3 Å². The molecular formula is C15H14ClNO2. The Labute approximate surface area is 116 Å². The summed E-state index contributed by atoms with van der Waals surface area (Å²) in [6.45, 7) is 1.85. The van der Waals surface area contributed by atoms with Crippen LogP contribution in [0.4, 0.5) is 5.69 Å². The minimum absolute atomic E-state index is 0.0617. The van der Waals surface area contributed by atoms with Crippen LogP contribution in [0.3, 0.4) is 0 Å². The van der Waals surface area contributed by atoms with Gasteiger partial charge in [0.05, 0.1) is 5.38 Å². The van der Waals surface area contributed by atoms with E-state index in [1.54, 1.807) is 18.2 Å². The van der Waals surface area contributed by atoms with Gasteiger partial charge >= 0.3 is 0 Å². The molecular weight excluding hydrogens is 262 g/mol. The molecule has 2 rings (SSSR count). The van der Waals surface area contributed by atoms with Crippen LogP contribution in [-0.4, -0.2) is 11.0 Å². The first-order chi connectivity index (χ1) is 9.08. The average Bonchev–Trinajstić information content (AvgIpc) is 2.39. The van der Waals surface area contributed by atoms with Crippen LogP contribution in [0.15, 0.2) is 48.5 Å². The molecule has 2 aromatic carbocycles. The molecule has 1 amide bonds. The molecule has 0 fully saturated rings. The maximum absolute atomic E-state index is 12.1. The molecule has 3 nitrogen and oxygen atoms in total. The minimum atomic E-state index is -0.277. The number of alkyl halides is 1. The number of phenolic OH excluding ortho intramolecular Hbond substituents is 1. The lowest BCUT2D eigenvalue weighted by Gasteiger charge is -2.12. The average molecular weight is 276 g/mol. The zero-order valence-corrected chi connectivity index (χ0v) is 11.2. The minimum Gasteiger partial charge on any atom is -0.508 e. The smallest absolute Gasteiger partial charge is 0.255 e. The van der Waals surface area contributed by atoms with Crippen LogP contribution in [0.5, 0.6) is 5.75 Å². The van der Waals surface area contributed by atoms with E-state index < -0.39 is 0 Å². The largest absolute Gasteiger partial charge is 0.508 e. The highest BCUT2D eigenvalue weighted by atomic mass is 35.5. The third-order valence-corrected chi connectivity index (χ3v) is 2.98. The highest BCUT2D eigenvalue weighted by Gasteiger charge is 2.11. The molecule has 1 atom stereocenters. The molecule has 19 heavy (non-hydrogen) atoms. The van der Waals surface area contributed by atoms with E-state index >= 15 is 0 Å². The maximum atomic E-state index is 12.1. The number of phenols is 1. The standard InChI is InChI=1S/C15H14ClNO2/c1-10(16)13-7-2-3-8-14(13)17-15(19)11-5-4-6-12(18)9-11/h2-10,18H,1H3,(H,17,19). The van der Waals surface area contributed by atoms with Gasteiger partial charge in [0.15, 0.2) is 0 Å². The molecule has 4 heteroatoms. The third-order valence-electron chi connectivity index (χ3n) is 2.75. The molecule has 98 valence electrons. The van der Waals surface area contributed by atoms with Gasteiger partial charge in [0.25, 0.3) is 5.91 Å². The van der Waals surface area contributed by atoms with Gasteiger partial charge in [-0.1, -0.05) is 24.3 Å². The Morgan fingerprint density at radius 2 is 1.95 bits per heavy atom. The second-order valence-electron chi connectivity index (χ2n) is 4.21. The number of nitrogens with one attached hydrogen (secondary N) is 1. The van der Waals surface area contributed by atoms with Crippen molar-refractivity contribution in [2.24, 2.45) is 0 Å².